The largest absolute Gasteiger partial charge is 0.396 e. The first-order valence-corrected chi connectivity index (χ1v) is 6.03. The maximum absolute atomic E-state index is 9.32. The summed E-state index contributed by atoms with van der Waals surface area (Å²) in [5.41, 5.74) is 3.72. The summed E-state index contributed by atoms with van der Waals surface area (Å²) in [5, 5.41) is 10.6. The monoisotopic (exact) mass is 229 g/mol. The van der Waals surface area contributed by atoms with Crippen molar-refractivity contribution in [1.82, 2.24) is 4.98 Å². The van der Waals surface area contributed by atoms with Crippen molar-refractivity contribution in [2.45, 2.75) is 19.8 Å². The van der Waals surface area contributed by atoms with Crippen LogP contribution >= 0.6 is 0 Å². The topological polar surface area (TPSA) is 36.0 Å². The smallest absolute Gasteiger partial charge is 0.0465 e. The van der Waals surface area contributed by atoms with Gasteiger partial charge in [-0.2, -0.15) is 0 Å². The van der Waals surface area contributed by atoms with E-state index in [4.69, 9.17) is 0 Å². The molecule has 1 aromatic carbocycles. The summed E-state index contributed by atoms with van der Waals surface area (Å²) >= 11 is 0. The maximum atomic E-state index is 9.32. The molecule has 0 spiro atoms. The Morgan fingerprint density at radius 3 is 3.00 bits per heavy atom. The van der Waals surface area contributed by atoms with Gasteiger partial charge in [-0.1, -0.05) is 17.7 Å². The number of aromatic nitrogens is 1. The lowest BCUT2D eigenvalue weighted by atomic mass is 9.96. The van der Waals surface area contributed by atoms with Gasteiger partial charge < -0.3 is 10.1 Å². The van der Waals surface area contributed by atoms with Gasteiger partial charge in [0.1, 0.15) is 0 Å². The summed E-state index contributed by atoms with van der Waals surface area (Å²) < 4.78 is 0. The highest BCUT2D eigenvalue weighted by Crippen LogP contribution is 2.23. The number of nitrogens with one attached hydrogen (secondary N) is 1. The molecule has 1 heterocycles. The molecule has 0 bridgehead atoms. The fraction of sp³-hybridized carbons (Fsp3) is 0.333. The van der Waals surface area contributed by atoms with Gasteiger partial charge in [-0.3, -0.25) is 0 Å². The van der Waals surface area contributed by atoms with Crippen LogP contribution in [0.1, 0.15) is 17.5 Å². The minimum atomic E-state index is 0.213. The second kappa shape index (κ2) is 5.19. The first-order chi connectivity index (χ1) is 8.24. The number of hydrogen-bond donors (Lipinski definition) is 2. The number of fused-ring (bicyclic) bond motifs is 1. The lowest BCUT2D eigenvalue weighted by Crippen LogP contribution is -2.08. The second-order valence-corrected chi connectivity index (χ2v) is 4.64. The van der Waals surface area contributed by atoms with Gasteiger partial charge in [-0.25, -0.2) is 0 Å². The Labute approximate surface area is 102 Å². The molecule has 2 heteroatoms. The third-order valence-corrected chi connectivity index (χ3v) is 3.19. The zero-order valence-electron chi connectivity index (χ0n) is 10.2. The van der Waals surface area contributed by atoms with E-state index in [1.54, 1.807) is 0 Å². The van der Waals surface area contributed by atoms with Crippen molar-refractivity contribution < 1.29 is 5.11 Å². The van der Waals surface area contributed by atoms with Crippen LogP contribution in [0, 0.1) is 12.8 Å². The van der Waals surface area contributed by atoms with Crippen LogP contribution in [0.15, 0.2) is 37.1 Å². The molecule has 2 N–H and O–H groups in total. The van der Waals surface area contributed by atoms with Crippen molar-refractivity contribution in [2.24, 2.45) is 5.92 Å². The number of aromatic amines is 1. The SMILES string of the molecule is C=CC[C@H](CO)Cc1c[nH]c2ccc(C)cc12. The molecule has 0 saturated heterocycles. The fourth-order valence-corrected chi connectivity index (χ4v) is 2.23. The van der Waals surface area contributed by atoms with E-state index in [0.29, 0.717) is 0 Å². The predicted molar refractivity (Wildman–Crippen MR) is 72.1 cm³/mol. The van der Waals surface area contributed by atoms with Crippen molar-refractivity contribution in [3.63, 3.8) is 0 Å². The zero-order valence-corrected chi connectivity index (χ0v) is 10.2. The van der Waals surface area contributed by atoms with Gasteiger partial charge >= 0.3 is 0 Å². The average Bonchev–Trinajstić information content (AvgIpc) is 2.71. The second-order valence-electron chi connectivity index (χ2n) is 4.64. The molecule has 0 saturated carbocycles. The number of aliphatic hydroxyl groups excluding tert-OH is 1. The van der Waals surface area contributed by atoms with E-state index in [9.17, 15) is 5.11 Å². The molecule has 2 rings (SSSR count). The van der Waals surface area contributed by atoms with Crippen molar-refractivity contribution in [3.8, 4) is 0 Å². The van der Waals surface area contributed by atoms with Crippen molar-refractivity contribution >= 4 is 10.9 Å². The Hall–Kier alpha value is -1.54. The average molecular weight is 229 g/mol. The molecular formula is C15H19NO. The minimum Gasteiger partial charge on any atom is -0.396 e. The third-order valence-electron chi connectivity index (χ3n) is 3.19. The Morgan fingerprint density at radius 2 is 2.29 bits per heavy atom. The maximum Gasteiger partial charge on any atom is 0.0465 e. The quantitative estimate of drug-likeness (QED) is 0.759. The summed E-state index contributed by atoms with van der Waals surface area (Å²) in [6, 6.07) is 6.41. The van der Waals surface area contributed by atoms with E-state index in [-0.39, 0.29) is 12.5 Å². The van der Waals surface area contributed by atoms with Crippen LogP contribution < -0.4 is 0 Å². The number of H-pyrrole nitrogens is 1. The van der Waals surface area contributed by atoms with E-state index >= 15 is 0 Å². The number of rotatable bonds is 5. The molecule has 2 nitrogen and oxygen atoms in total. The molecule has 1 aromatic heterocycles. The molecular weight excluding hydrogens is 210 g/mol. The van der Waals surface area contributed by atoms with E-state index in [1.165, 1.54) is 22.0 Å². The number of aliphatic hydroxyl groups is 1. The normalized spacial score (nSPS) is 12.8. The van der Waals surface area contributed by atoms with Gasteiger partial charge in [0.25, 0.3) is 0 Å². The molecule has 1 atom stereocenters. The Morgan fingerprint density at radius 1 is 1.47 bits per heavy atom. The number of allylic oxidation sites excluding steroid dienone is 1. The Kier molecular flexibility index (Phi) is 3.64. The highest BCUT2D eigenvalue weighted by Gasteiger charge is 2.10. The minimum absolute atomic E-state index is 0.213. The molecule has 0 unspecified atom stereocenters. The number of benzene rings is 1. The Balaban J connectivity index is 2.28. The van der Waals surface area contributed by atoms with E-state index in [0.717, 1.165) is 12.8 Å². The molecule has 0 aliphatic carbocycles. The van der Waals surface area contributed by atoms with Crippen LogP contribution in [0.2, 0.25) is 0 Å². The molecule has 0 aliphatic heterocycles. The molecule has 17 heavy (non-hydrogen) atoms. The fourth-order valence-electron chi connectivity index (χ4n) is 2.23. The van der Waals surface area contributed by atoms with E-state index in [2.05, 4.69) is 42.9 Å². The molecule has 90 valence electrons. The summed E-state index contributed by atoms with van der Waals surface area (Å²) in [7, 11) is 0. The van der Waals surface area contributed by atoms with Crippen LogP contribution in [-0.2, 0) is 6.42 Å². The first kappa shape index (κ1) is 11.9. The van der Waals surface area contributed by atoms with Crippen LogP contribution in [0.5, 0.6) is 0 Å². The Bertz CT molecular complexity index is 513. The number of hydrogen-bond acceptors (Lipinski definition) is 1. The third kappa shape index (κ3) is 2.59. The predicted octanol–water partition coefficient (Wildman–Crippen LogP) is 3.20. The van der Waals surface area contributed by atoms with Gasteiger partial charge in [0.15, 0.2) is 0 Å². The van der Waals surface area contributed by atoms with Gasteiger partial charge in [0.2, 0.25) is 0 Å². The molecule has 0 aliphatic rings. The van der Waals surface area contributed by atoms with Gasteiger partial charge in [0.05, 0.1) is 0 Å². The molecule has 0 radical (unpaired) electrons. The summed E-state index contributed by atoms with van der Waals surface area (Å²) in [6.45, 7) is 6.05. The number of aryl methyl sites for hydroxylation is 1. The zero-order chi connectivity index (χ0) is 12.3. The first-order valence-electron chi connectivity index (χ1n) is 6.03. The van der Waals surface area contributed by atoms with Gasteiger partial charge in [0, 0.05) is 23.7 Å². The highest BCUT2D eigenvalue weighted by molar-refractivity contribution is 5.83. The molecule has 0 amide bonds. The summed E-state index contributed by atoms with van der Waals surface area (Å²) in [5.74, 6) is 0.270. The standard InChI is InChI=1S/C15H19NO/c1-3-4-12(10-17)8-13-9-16-15-6-5-11(2)7-14(13)15/h3,5-7,9,12,16-17H,1,4,8,10H2,2H3/t12-/m0/s1. The van der Waals surface area contributed by atoms with Crippen LogP contribution in [0.4, 0.5) is 0 Å². The van der Waals surface area contributed by atoms with Gasteiger partial charge in [-0.15, -0.1) is 6.58 Å². The highest BCUT2D eigenvalue weighted by atomic mass is 16.3. The van der Waals surface area contributed by atoms with E-state index in [1.807, 2.05) is 6.08 Å². The molecule has 0 fully saturated rings. The van der Waals surface area contributed by atoms with Gasteiger partial charge in [-0.05, 0) is 43.4 Å². The lowest BCUT2D eigenvalue weighted by Gasteiger charge is -2.10. The summed E-state index contributed by atoms with van der Waals surface area (Å²) in [6.07, 6.45) is 5.68. The lowest BCUT2D eigenvalue weighted by molar-refractivity contribution is 0.227. The van der Waals surface area contributed by atoms with Crippen molar-refractivity contribution in [2.75, 3.05) is 6.61 Å². The van der Waals surface area contributed by atoms with Crippen LogP contribution in [0.25, 0.3) is 10.9 Å². The van der Waals surface area contributed by atoms with Crippen LogP contribution in [0.3, 0.4) is 0 Å². The molecule has 2 aromatic rings. The van der Waals surface area contributed by atoms with E-state index < -0.39 is 0 Å². The summed E-state index contributed by atoms with van der Waals surface area (Å²) in [4.78, 5) is 3.28. The van der Waals surface area contributed by atoms with Crippen molar-refractivity contribution in [1.29, 1.82) is 0 Å². The van der Waals surface area contributed by atoms with Crippen LogP contribution in [-0.4, -0.2) is 16.7 Å². The van der Waals surface area contributed by atoms with Crippen molar-refractivity contribution in [3.05, 3.63) is 48.2 Å².